The van der Waals surface area contributed by atoms with Gasteiger partial charge in [0.2, 0.25) is 0 Å². The lowest BCUT2D eigenvalue weighted by atomic mass is 9.91. The molecule has 7 heteroatoms. The van der Waals surface area contributed by atoms with Crippen molar-refractivity contribution in [3.05, 3.63) is 70.4 Å². The summed E-state index contributed by atoms with van der Waals surface area (Å²) in [7, 11) is 1.63. The molecule has 2 aromatic rings. The highest BCUT2D eigenvalue weighted by Crippen LogP contribution is 2.43. The Balaban J connectivity index is 1.68. The summed E-state index contributed by atoms with van der Waals surface area (Å²) in [5, 5.41) is 10.8. The molecule has 3 atom stereocenters. The van der Waals surface area contributed by atoms with Crippen LogP contribution in [0, 0.1) is 10.1 Å². The van der Waals surface area contributed by atoms with Gasteiger partial charge in [-0.1, -0.05) is 18.2 Å². The summed E-state index contributed by atoms with van der Waals surface area (Å²) in [4.78, 5) is 29.0. The lowest BCUT2D eigenvalue weighted by molar-refractivity contribution is -0.385. The number of pyridine rings is 1. The molecule has 1 fully saturated rings. The minimum Gasteiger partial charge on any atom is -0.497 e. The summed E-state index contributed by atoms with van der Waals surface area (Å²) in [6.45, 7) is 0. The predicted octanol–water partition coefficient (Wildman–Crippen LogP) is 2.87. The molecule has 1 saturated heterocycles. The largest absolute Gasteiger partial charge is 0.497 e. The summed E-state index contributed by atoms with van der Waals surface area (Å²) in [5.41, 5.74) is 1.07. The van der Waals surface area contributed by atoms with Crippen LogP contribution in [0.4, 0.5) is 11.5 Å². The number of fused-ring (bicyclic) bond motifs is 2. The number of aromatic nitrogens is 1. The molecular formula is C19H17N3O4. The normalized spacial score (nSPS) is 24.0. The number of hydrogen-bond donors (Lipinski definition) is 0. The van der Waals surface area contributed by atoms with E-state index in [1.807, 2.05) is 35.2 Å². The minimum atomic E-state index is -0.479. The summed E-state index contributed by atoms with van der Waals surface area (Å²) < 4.78 is 5.21. The van der Waals surface area contributed by atoms with E-state index in [1.54, 1.807) is 19.3 Å². The molecule has 4 rings (SSSR count). The fraction of sp³-hybridized carbons (Fsp3) is 0.263. The molecule has 1 aromatic heterocycles. The average molecular weight is 351 g/mol. The highest BCUT2D eigenvalue weighted by atomic mass is 16.6. The average Bonchev–Trinajstić information content (AvgIpc) is 2.97. The molecule has 26 heavy (non-hydrogen) atoms. The van der Waals surface area contributed by atoms with E-state index in [0.29, 0.717) is 12.2 Å². The molecule has 3 heterocycles. The Labute approximate surface area is 150 Å². The molecular weight excluding hydrogens is 334 g/mol. The minimum absolute atomic E-state index is 0.0138. The molecule has 0 radical (unpaired) electrons. The first-order chi connectivity index (χ1) is 12.6. The molecule has 0 spiro atoms. The van der Waals surface area contributed by atoms with E-state index in [2.05, 4.69) is 4.98 Å². The Kier molecular flexibility index (Phi) is 3.91. The van der Waals surface area contributed by atoms with Crippen LogP contribution in [0.5, 0.6) is 5.75 Å². The van der Waals surface area contributed by atoms with Crippen molar-refractivity contribution in [3.63, 3.8) is 0 Å². The Hall–Kier alpha value is -3.22. The second-order valence-electron chi connectivity index (χ2n) is 6.42. The number of carbonyl (C=O) groups is 1. The van der Waals surface area contributed by atoms with Crippen LogP contribution in [0.25, 0.3) is 0 Å². The maximum Gasteiger partial charge on any atom is 0.287 e. The molecule has 0 amide bonds. The molecule has 0 aliphatic carbocycles. The number of nitrogens with zero attached hydrogens (tertiary/aromatic N) is 3. The maximum atomic E-state index is 12.4. The third-order valence-electron chi connectivity index (χ3n) is 5.08. The summed E-state index contributed by atoms with van der Waals surface area (Å²) in [5.74, 6) is 1.55. The molecule has 2 aliphatic rings. The van der Waals surface area contributed by atoms with Crippen LogP contribution in [-0.2, 0) is 4.79 Å². The molecule has 2 aliphatic heterocycles. The van der Waals surface area contributed by atoms with Gasteiger partial charge in [-0.15, -0.1) is 0 Å². The lowest BCUT2D eigenvalue weighted by Crippen LogP contribution is -2.43. The zero-order valence-electron chi connectivity index (χ0n) is 14.1. The van der Waals surface area contributed by atoms with Crippen molar-refractivity contribution in [2.75, 3.05) is 12.0 Å². The van der Waals surface area contributed by atoms with Gasteiger partial charge >= 0.3 is 0 Å². The van der Waals surface area contributed by atoms with Gasteiger partial charge in [-0.2, -0.15) is 0 Å². The van der Waals surface area contributed by atoms with Crippen molar-refractivity contribution in [3.8, 4) is 5.75 Å². The number of hydrogen-bond acceptors (Lipinski definition) is 6. The number of ether oxygens (including phenoxy) is 1. The highest BCUT2D eigenvalue weighted by molar-refractivity contribution is 5.99. The van der Waals surface area contributed by atoms with Gasteiger partial charge in [-0.25, -0.2) is 4.98 Å². The van der Waals surface area contributed by atoms with E-state index >= 15 is 0 Å². The van der Waals surface area contributed by atoms with E-state index in [4.69, 9.17) is 4.74 Å². The fourth-order valence-corrected chi connectivity index (χ4v) is 3.82. The number of carbonyl (C=O) groups excluding carboxylic acids is 1. The van der Waals surface area contributed by atoms with Gasteiger partial charge in [0.25, 0.3) is 5.69 Å². The number of methoxy groups -OCH3 is 1. The number of ketones is 1. The zero-order chi connectivity index (χ0) is 18.3. The summed E-state index contributed by atoms with van der Waals surface area (Å²) in [6, 6.07) is 10.6. The molecule has 0 N–H and O–H groups in total. The smallest absolute Gasteiger partial charge is 0.287 e. The van der Waals surface area contributed by atoms with Crippen LogP contribution in [0.3, 0.4) is 0 Å². The van der Waals surface area contributed by atoms with E-state index in [1.165, 1.54) is 12.3 Å². The Morgan fingerprint density at radius 1 is 1.23 bits per heavy atom. The first-order valence-corrected chi connectivity index (χ1v) is 8.33. The van der Waals surface area contributed by atoms with Gasteiger partial charge < -0.3 is 9.64 Å². The lowest BCUT2D eigenvalue weighted by Gasteiger charge is -2.32. The standard InChI is InChI=1S/C19H17N3O4/c1-26-14-5-2-12(3-6-14)15-10-17-18(23)8-7-16(15)21(17)19-9-4-13(11-20-19)22(24)25/h2-9,11,15-17H,10H2,1H3. The van der Waals surface area contributed by atoms with Crippen molar-refractivity contribution >= 4 is 17.3 Å². The van der Waals surface area contributed by atoms with Crippen LogP contribution < -0.4 is 9.64 Å². The molecule has 2 bridgehead atoms. The quantitative estimate of drug-likeness (QED) is 0.622. The number of nitro groups is 1. The van der Waals surface area contributed by atoms with Crippen molar-refractivity contribution in [2.24, 2.45) is 0 Å². The second-order valence-corrected chi connectivity index (χ2v) is 6.42. The third kappa shape index (κ3) is 2.61. The SMILES string of the molecule is COc1ccc(C2CC3C(=O)C=CC2N3c2ccc([N+](=O)[O-])cn2)cc1. The molecule has 1 aromatic carbocycles. The van der Waals surface area contributed by atoms with Crippen molar-refractivity contribution < 1.29 is 14.5 Å². The van der Waals surface area contributed by atoms with E-state index in [-0.39, 0.29) is 29.5 Å². The second kappa shape index (κ2) is 6.25. The highest BCUT2D eigenvalue weighted by Gasteiger charge is 2.46. The molecule has 7 nitrogen and oxygen atoms in total. The van der Waals surface area contributed by atoms with Gasteiger partial charge in [-0.05, 0) is 36.3 Å². The first-order valence-electron chi connectivity index (χ1n) is 8.33. The third-order valence-corrected chi connectivity index (χ3v) is 5.08. The monoisotopic (exact) mass is 351 g/mol. The van der Waals surface area contributed by atoms with Gasteiger partial charge in [0.15, 0.2) is 5.78 Å². The Morgan fingerprint density at radius 3 is 2.62 bits per heavy atom. The van der Waals surface area contributed by atoms with Gasteiger partial charge in [0.05, 0.1) is 24.1 Å². The molecule has 0 saturated carbocycles. The first kappa shape index (κ1) is 16.3. The van der Waals surface area contributed by atoms with Crippen LogP contribution in [0.15, 0.2) is 54.7 Å². The summed E-state index contributed by atoms with van der Waals surface area (Å²) in [6.07, 6.45) is 5.46. The summed E-state index contributed by atoms with van der Waals surface area (Å²) >= 11 is 0. The van der Waals surface area contributed by atoms with Crippen LogP contribution in [0.2, 0.25) is 0 Å². The molecule has 132 valence electrons. The van der Waals surface area contributed by atoms with Crippen molar-refractivity contribution in [1.29, 1.82) is 0 Å². The predicted molar refractivity (Wildman–Crippen MR) is 95.4 cm³/mol. The van der Waals surface area contributed by atoms with E-state index in [9.17, 15) is 14.9 Å². The number of benzene rings is 1. The van der Waals surface area contributed by atoms with Crippen LogP contribution >= 0.6 is 0 Å². The van der Waals surface area contributed by atoms with Crippen LogP contribution in [-0.4, -0.2) is 34.9 Å². The maximum absolute atomic E-state index is 12.4. The Morgan fingerprint density at radius 2 is 2.00 bits per heavy atom. The van der Waals surface area contributed by atoms with Crippen molar-refractivity contribution in [1.82, 2.24) is 4.98 Å². The van der Waals surface area contributed by atoms with Gasteiger partial charge in [-0.3, -0.25) is 14.9 Å². The molecule has 3 unspecified atom stereocenters. The van der Waals surface area contributed by atoms with E-state index < -0.39 is 4.92 Å². The van der Waals surface area contributed by atoms with Crippen LogP contribution in [0.1, 0.15) is 17.9 Å². The van der Waals surface area contributed by atoms with Gasteiger partial charge in [0.1, 0.15) is 17.8 Å². The zero-order valence-corrected chi connectivity index (χ0v) is 14.1. The fourth-order valence-electron chi connectivity index (χ4n) is 3.82. The number of anilines is 1. The number of rotatable bonds is 4. The Bertz CT molecular complexity index is 877. The topological polar surface area (TPSA) is 85.6 Å². The van der Waals surface area contributed by atoms with E-state index in [0.717, 1.165) is 11.3 Å². The van der Waals surface area contributed by atoms with Gasteiger partial charge in [0, 0.05) is 12.0 Å². The van der Waals surface area contributed by atoms with Crippen molar-refractivity contribution in [2.45, 2.75) is 24.4 Å².